The van der Waals surface area contributed by atoms with E-state index >= 15 is 0 Å². The van der Waals surface area contributed by atoms with Gasteiger partial charge in [-0.1, -0.05) is 33.3 Å². The molecule has 1 saturated carbocycles. The second kappa shape index (κ2) is 6.97. The van der Waals surface area contributed by atoms with Crippen LogP contribution in [-0.2, 0) is 0 Å². The van der Waals surface area contributed by atoms with E-state index < -0.39 is 0 Å². The van der Waals surface area contributed by atoms with Crippen LogP contribution in [-0.4, -0.2) is 38.8 Å². The lowest BCUT2D eigenvalue weighted by atomic mass is 9.67. The van der Waals surface area contributed by atoms with E-state index in [-0.39, 0.29) is 6.10 Å². The van der Waals surface area contributed by atoms with Crippen LogP contribution in [0.15, 0.2) is 0 Å². The van der Waals surface area contributed by atoms with Gasteiger partial charge in [-0.05, 0) is 37.0 Å². The lowest BCUT2D eigenvalue weighted by Crippen LogP contribution is -3.13. The molecule has 2 fully saturated rings. The zero-order valence-electron chi connectivity index (χ0n) is 14.8. The summed E-state index contributed by atoms with van der Waals surface area (Å²) in [6, 6.07) is 1.02. The summed E-state index contributed by atoms with van der Waals surface area (Å²) in [4.78, 5) is 1.51. The standard InChI is InChI=1S/C18H35N2O/c1-18(2,3)14-8-6-13(7-9-14)17-16(21)11-10-15(19-17)12-20(4)5/h13-17,19H,6-12H2,1-5H3/q-1/p+2. The molecule has 124 valence electrons. The largest absolute Gasteiger partial charge is 0.848 e. The minimum Gasteiger partial charge on any atom is -0.848 e. The second-order valence-electron chi connectivity index (χ2n) is 9.03. The van der Waals surface area contributed by atoms with E-state index in [0.29, 0.717) is 23.4 Å². The van der Waals surface area contributed by atoms with E-state index in [9.17, 15) is 5.11 Å². The van der Waals surface area contributed by atoms with Crippen molar-refractivity contribution in [2.45, 2.75) is 77.5 Å². The molecule has 0 aromatic carbocycles. The van der Waals surface area contributed by atoms with Gasteiger partial charge in [-0.3, -0.25) is 0 Å². The Morgan fingerprint density at radius 1 is 1.00 bits per heavy atom. The van der Waals surface area contributed by atoms with Crippen molar-refractivity contribution in [3.63, 3.8) is 0 Å². The number of quaternary nitrogens is 2. The molecule has 1 aliphatic heterocycles. The SMILES string of the molecule is C[NH+](C)CC1CCC([O-])C(C2CCC(C(C)(C)C)CC2)[NH2+]1. The molecule has 1 heterocycles. The maximum Gasteiger partial charge on any atom is 0.136 e. The Kier molecular flexibility index (Phi) is 5.72. The fraction of sp³-hybridized carbons (Fsp3) is 1.00. The first-order chi connectivity index (χ1) is 9.77. The average molecular weight is 298 g/mol. The van der Waals surface area contributed by atoms with Crippen LogP contribution in [0, 0.1) is 17.3 Å². The van der Waals surface area contributed by atoms with Crippen LogP contribution in [0.2, 0.25) is 0 Å². The molecule has 0 aromatic rings. The highest BCUT2D eigenvalue weighted by Gasteiger charge is 2.38. The Morgan fingerprint density at radius 3 is 2.14 bits per heavy atom. The lowest BCUT2D eigenvalue weighted by Gasteiger charge is -2.45. The monoisotopic (exact) mass is 297 g/mol. The predicted octanol–water partition coefficient (Wildman–Crippen LogP) is -0.193. The van der Waals surface area contributed by atoms with Gasteiger partial charge in [0.2, 0.25) is 0 Å². The lowest BCUT2D eigenvalue weighted by molar-refractivity contribution is -0.892. The molecule has 3 heteroatoms. The van der Waals surface area contributed by atoms with Crippen LogP contribution >= 0.6 is 0 Å². The fourth-order valence-corrected chi connectivity index (χ4v) is 4.63. The third-order valence-electron chi connectivity index (χ3n) is 5.96. The topological polar surface area (TPSA) is 44.1 Å². The summed E-state index contributed by atoms with van der Waals surface area (Å²) < 4.78 is 0. The van der Waals surface area contributed by atoms with Crippen LogP contribution in [0.25, 0.3) is 0 Å². The van der Waals surface area contributed by atoms with Crippen molar-refractivity contribution in [1.82, 2.24) is 0 Å². The van der Waals surface area contributed by atoms with E-state index in [1.54, 1.807) is 0 Å². The molecule has 3 unspecified atom stereocenters. The van der Waals surface area contributed by atoms with Gasteiger partial charge < -0.3 is 15.3 Å². The summed E-state index contributed by atoms with van der Waals surface area (Å²) in [6.07, 6.45) is 6.91. The molecule has 1 aliphatic carbocycles. The number of rotatable bonds is 3. The molecule has 3 atom stereocenters. The summed E-state index contributed by atoms with van der Waals surface area (Å²) in [5, 5.41) is 14.9. The maximum absolute atomic E-state index is 12.4. The van der Waals surface area contributed by atoms with Gasteiger partial charge in [-0.2, -0.15) is 0 Å². The Hall–Kier alpha value is -0.120. The molecule has 1 saturated heterocycles. The first kappa shape index (κ1) is 17.2. The number of hydrogen-bond acceptors (Lipinski definition) is 1. The maximum atomic E-state index is 12.4. The summed E-state index contributed by atoms with van der Waals surface area (Å²) in [6.45, 7) is 8.31. The Morgan fingerprint density at radius 2 is 1.62 bits per heavy atom. The van der Waals surface area contributed by atoms with Gasteiger partial charge in [0.15, 0.2) is 0 Å². The molecule has 0 amide bonds. The summed E-state index contributed by atoms with van der Waals surface area (Å²) in [7, 11) is 4.45. The minimum atomic E-state index is -0.324. The smallest absolute Gasteiger partial charge is 0.136 e. The Balaban J connectivity index is 1.89. The third-order valence-corrected chi connectivity index (χ3v) is 5.96. The molecule has 0 aromatic heterocycles. The van der Waals surface area contributed by atoms with Crippen LogP contribution in [0.4, 0.5) is 0 Å². The molecule has 21 heavy (non-hydrogen) atoms. The molecule has 0 radical (unpaired) electrons. The number of piperidine rings is 1. The van der Waals surface area contributed by atoms with Gasteiger partial charge in [0.05, 0.1) is 20.1 Å². The average Bonchev–Trinajstić information content (AvgIpc) is 2.39. The van der Waals surface area contributed by atoms with Gasteiger partial charge in [-0.15, -0.1) is 0 Å². The molecule has 0 bridgehead atoms. The molecular weight excluding hydrogens is 260 g/mol. The molecule has 0 spiro atoms. The fourth-order valence-electron chi connectivity index (χ4n) is 4.63. The first-order valence-corrected chi connectivity index (χ1v) is 9.07. The van der Waals surface area contributed by atoms with Crippen molar-refractivity contribution in [2.24, 2.45) is 17.3 Å². The van der Waals surface area contributed by atoms with E-state index in [0.717, 1.165) is 18.8 Å². The van der Waals surface area contributed by atoms with Gasteiger partial charge in [0, 0.05) is 12.3 Å². The van der Waals surface area contributed by atoms with Crippen molar-refractivity contribution in [1.29, 1.82) is 0 Å². The van der Waals surface area contributed by atoms with Crippen molar-refractivity contribution in [2.75, 3.05) is 20.6 Å². The zero-order valence-corrected chi connectivity index (χ0v) is 14.8. The van der Waals surface area contributed by atoms with E-state index in [1.165, 1.54) is 37.1 Å². The van der Waals surface area contributed by atoms with Crippen LogP contribution in [0.3, 0.4) is 0 Å². The summed E-state index contributed by atoms with van der Waals surface area (Å²) in [5.74, 6) is 1.52. The Bertz CT molecular complexity index is 316. The number of hydrogen-bond donors (Lipinski definition) is 2. The van der Waals surface area contributed by atoms with Crippen molar-refractivity contribution < 1.29 is 15.3 Å². The summed E-state index contributed by atoms with van der Waals surface area (Å²) in [5.41, 5.74) is 0.439. The number of nitrogens with one attached hydrogen (secondary N) is 1. The highest BCUT2D eigenvalue weighted by Crippen LogP contribution is 2.40. The van der Waals surface area contributed by atoms with Gasteiger partial charge in [-0.25, -0.2) is 0 Å². The zero-order chi connectivity index (χ0) is 15.6. The van der Waals surface area contributed by atoms with Crippen LogP contribution in [0.1, 0.15) is 59.3 Å². The molecule has 3 N–H and O–H groups in total. The molecule has 2 aliphatic rings. The van der Waals surface area contributed by atoms with Gasteiger partial charge in [0.1, 0.15) is 12.6 Å². The highest BCUT2D eigenvalue weighted by molar-refractivity contribution is 4.86. The Labute approximate surface area is 131 Å². The summed E-state index contributed by atoms with van der Waals surface area (Å²) >= 11 is 0. The highest BCUT2D eigenvalue weighted by atomic mass is 16.3. The third kappa shape index (κ3) is 4.67. The minimum absolute atomic E-state index is 0.324. The number of nitrogens with two attached hydrogens (primary N) is 1. The second-order valence-corrected chi connectivity index (χ2v) is 9.03. The van der Waals surface area contributed by atoms with E-state index in [2.05, 4.69) is 40.2 Å². The quantitative estimate of drug-likeness (QED) is 0.745. The van der Waals surface area contributed by atoms with Gasteiger partial charge in [0.25, 0.3) is 0 Å². The molecule has 2 rings (SSSR count). The molecule has 3 nitrogen and oxygen atoms in total. The first-order valence-electron chi connectivity index (χ1n) is 9.07. The van der Waals surface area contributed by atoms with E-state index in [1.807, 2.05) is 0 Å². The number of likely N-dealkylation sites (N-methyl/N-ethyl adjacent to an activating group) is 1. The van der Waals surface area contributed by atoms with Crippen LogP contribution < -0.4 is 15.3 Å². The van der Waals surface area contributed by atoms with Gasteiger partial charge >= 0.3 is 0 Å². The van der Waals surface area contributed by atoms with E-state index in [4.69, 9.17) is 0 Å². The van der Waals surface area contributed by atoms with Crippen molar-refractivity contribution in [3.05, 3.63) is 0 Å². The van der Waals surface area contributed by atoms with Crippen molar-refractivity contribution >= 4 is 0 Å². The predicted molar refractivity (Wildman–Crippen MR) is 85.1 cm³/mol. The van der Waals surface area contributed by atoms with Crippen LogP contribution in [0.5, 0.6) is 0 Å². The normalized spacial score (nSPS) is 38.7. The molecular formula is C18H37N2O+. The van der Waals surface area contributed by atoms with Crippen molar-refractivity contribution in [3.8, 4) is 0 Å².